The van der Waals surface area contributed by atoms with Crippen molar-refractivity contribution in [1.82, 2.24) is 4.31 Å². The van der Waals surface area contributed by atoms with Gasteiger partial charge < -0.3 is 9.84 Å². The van der Waals surface area contributed by atoms with Crippen LogP contribution in [0.4, 0.5) is 0 Å². The van der Waals surface area contributed by atoms with Crippen LogP contribution in [0.5, 0.6) is 0 Å². The second-order valence-electron chi connectivity index (χ2n) is 4.26. The zero-order chi connectivity index (χ0) is 13.2. The van der Waals surface area contributed by atoms with Gasteiger partial charge in [0, 0.05) is 13.1 Å². The van der Waals surface area contributed by atoms with Gasteiger partial charge in [0.05, 0.1) is 24.2 Å². The number of ether oxygens (including phenoxy) is 1. The van der Waals surface area contributed by atoms with Crippen molar-refractivity contribution >= 4 is 10.0 Å². The standard InChI is InChI=1S/C12H17NO4S/c1-10(14)11-3-2-4-12(9-11)18(15,16)13-5-7-17-8-6-13/h2-4,9-10,14H,5-8H2,1H3. The van der Waals surface area contributed by atoms with Crippen LogP contribution < -0.4 is 0 Å². The molecule has 1 aliphatic heterocycles. The molecule has 0 radical (unpaired) electrons. The second-order valence-corrected chi connectivity index (χ2v) is 6.20. The minimum atomic E-state index is -3.48. The summed E-state index contributed by atoms with van der Waals surface area (Å²) in [5.41, 5.74) is 0.601. The van der Waals surface area contributed by atoms with Crippen LogP contribution in [0.3, 0.4) is 0 Å². The molecule has 1 heterocycles. The Morgan fingerprint density at radius 3 is 2.61 bits per heavy atom. The summed E-state index contributed by atoms with van der Waals surface area (Å²) in [5, 5.41) is 9.50. The van der Waals surface area contributed by atoms with Crippen LogP contribution in [0, 0.1) is 0 Å². The van der Waals surface area contributed by atoms with Crippen molar-refractivity contribution in [3.8, 4) is 0 Å². The minimum Gasteiger partial charge on any atom is -0.389 e. The van der Waals surface area contributed by atoms with Gasteiger partial charge in [0.15, 0.2) is 0 Å². The summed E-state index contributed by atoms with van der Waals surface area (Å²) in [4.78, 5) is 0.225. The second kappa shape index (κ2) is 5.36. The Balaban J connectivity index is 2.31. The summed E-state index contributed by atoms with van der Waals surface area (Å²) < 4.78 is 31.3. The quantitative estimate of drug-likeness (QED) is 0.881. The highest BCUT2D eigenvalue weighted by atomic mass is 32.2. The van der Waals surface area contributed by atoms with Crippen molar-refractivity contribution < 1.29 is 18.3 Å². The molecule has 0 amide bonds. The number of sulfonamides is 1. The largest absolute Gasteiger partial charge is 0.389 e. The molecule has 1 aliphatic rings. The fraction of sp³-hybridized carbons (Fsp3) is 0.500. The minimum absolute atomic E-state index is 0.225. The van der Waals surface area contributed by atoms with E-state index in [9.17, 15) is 13.5 Å². The maximum absolute atomic E-state index is 12.4. The molecule has 0 saturated carbocycles. The van der Waals surface area contributed by atoms with E-state index in [4.69, 9.17) is 4.74 Å². The lowest BCUT2D eigenvalue weighted by atomic mass is 10.1. The molecular formula is C12H17NO4S. The molecule has 6 heteroatoms. The van der Waals surface area contributed by atoms with Gasteiger partial charge in [-0.1, -0.05) is 12.1 Å². The third-order valence-corrected chi connectivity index (χ3v) is 4.84. The van der Waals surface area contributed by atoms with Gasteiger partial charge in [0.1, 0.15) is 0 Å². The van der Waals surface area contributed by atoms with Gasteiger partial charge in [-0.05, 0) is 24.6 Å². The number of morpholine rings is 1. The molecule has 1 unspecified atom stereocenters. The summed E-state index contributed by atoms with van der Waals surface area (Å²) in [5.74, 6) is 0. The molecule has 0 aromatic heterocycles. The van der Waals surface area contributed by atoms with Crippen LogP contribution in [0.15, 0.2) is 29.2 Å². The third-order valence-electron chi connectivity index (χ3n) is 2.95. The molecule has 1 atom stereocenters. The van der Waals surface area contributed by atoms with Crippen LogP contribution in [-0.4, -0.2) is 44.1 Å². The highest BCUT2D eigenvalue weighted by Crippen LogP contribution is 2.21. The maximum atomic E-state index is 12.4. The van der Waals surface area contributed by atoms with E-state index in [0.29, 0.717) is 31.9 Å². The molecule has 0 spiro atoms. The summed E-state index contributed by atoms with van der Waals surface area (Å²) in [7, 11) is -3.48. The fourth-order valence-corrected chi connectivity index (χ4v) is 3.33. The normalized spacial score (nSPS) is 19.7. The Hall–Kier alpha value is -0.950. The van der Waals surface area contributed by atoms with Crippen LogP contribution in [0.25, 0.3) is 0 Å². The first-order valence-electron chi connectivity index (χ1n) is 5.88. The number of rotatable bonds is 3. The van der Waals surface area contributed by atoms with Crippen molar-refractivity contribution in [2.75, 3.05) is 26.3 Å². The van der Waals surface area contributed by atoms with Gasteiger partial charge in [0.2, 0.25) is 10.0 Å². The van der Waals surface area contributed by atoms with E-state index >= 15 is 0 Å². The molecule has 18 heavy (non-hydrogen) atoms. The van der Waals surface area contributed by atoms with Gasteiger partial charge in [-0.3, -0.25) is 0 Å². The first-order chi connectivity index (χ1) is 8.51. The number of nitrogens with zero attached hydrogens (tertiary/aromatic N) is 1. The third kappa shape index (κ3) is 2.72. The van der Waals surface area contributed by atoms with E-state index in [1.54, 1.807) is 25.1 Å². The monoisotopic (exact) mass is 271 g/mol. The molecule has 1 saturated heterocycles. The lowest BCUT2D eigenvalue weighted by Gasteiger charge is -2.26. The number of aliphatic hydroxyl groups is 1. The topological polar surface area (TPSA) is 66.8 Å². The maximum Gasteiger partial charge on any atom is 0.243 e. The summed E-state index contributed by atoms with van der Waals surface area (Å²) in [6.07, 6.45) is -0.676. The van der Waals surface area contributed by atoms with Crippen LogP contribution in [0.2, 0.25) is 0 Å². The number of benzene rings is 1. The zero-order valence-electron chi connectivity index (χ0n) is 10.2. The molecule has 100 valence electrons. The van der Waals surface area contributed by atoms with Gasteiger partial charge >= 0.3 is 0 Å². The summed E-state index contributed by atoms with van der Waals surface area (Å²) in [6.45, 7) is 3.22. The lowest BCUT2D eigenvalue weighted by Crippen LogP contribution is -2.40. The van der Waals surface area contributed by atoms with Gasteiger partial charge in [-0.15, -0.1) is 0 Å². The molecule has 1 aromatic carbocycles. The van der Waals surface area contributed by atoms with E-state index in [0.717, 1.165) is 0 Å². The summed E-state index contributed by atoms with van der Waals surface area (Å²) >= 11 is 0. The summed E-state index contributed by atoms with van der Waals surface area (Å²) in [6, 6.07) is 6.44. The van der Waals surface area contributed by atoms with Crippen LogP contribution >= 0.6 is 0 Å². The van der Waals surface area contributed by atoms with Crippen molar-refractivity contribution in [2.24, 2.45) is 0 Å². The first kappa shape index (κ1) is 13.5. The molecule has 0 bridgehead atoms. The first-order valence-corrected chi connectivity index (χ1v) is 7.32. The van der Waals surface area contributed by atoms with Crippen molar-refractivity contribution in [3.63, 3.8) is 0 Å². The van der Waals surface area contributed by atoms with Crippen molar-refractivity contribution in [1.29, 1.82) is 0 Å². The molecule has 1 N–H and O–H groups in total. The molecular weight excluding hydrogens is 254 g/mol. The van der Waals surface area contributed by atoms with E-state index in [-0.39, 0.29) is 4.90 Å². The Morgan fingerprint density at radius 2 is 2.00 bits per heavy atom. The van der Waals surface area contributed by atoms with Gasteiger partial charge in [0.25, 0.3) is 0 Å². The molecule has 2 rings (SSSR count). The van der Waals surface area contributed by atoms with Crippen molar-refractivity contribution in [3.05, 3.63) is 29.8 Å². The van der Waals surface area contributed by atoms with E-state index in [1.807, 2.05) is 0 Å². The van der Waals surface area contributed by atoms with E-state index in [1.165, 1.54) is 10.4 Å². The number of hydrogen-bond donors (Lipinski definition) is 1. The average molecular weight is 271 g/mol. The highest BCUT2D eigenvalue weighted by Gasteiger charge is 2.26. The van der Waals surface area contributed by atoms with E-state index in [2.05, 4.69) is 0 Å². The Labute approximate surface area is 107 Å². The molecule has 1 fully saturated rings. The smallest absolute Gasteiger partial charge is 0.243 e. The fourth-order valence-electron chi connectivity index (χ4n) is 1.87. The number of aliphatic hydroxyl groups excluding tert-OH is 1. The van der Waals surface area contributed by atoms with Crippen LogP contribution in [0.1, 0.15) is 18.6 Å². The van der Waals surface area contributed by atoms with Gasteiger partial charge in [-0.25, -0.2) is 8.42 Å². The number of hydrogen-bond acceptors (Lipinski definition) is 4. The lowest BCUT2D eigenvalue weighted by molar-refractivity contribution is 0.0730. The molecule has 0 aliphatic carbocycles. The Bertz CT molecular complexity index is 507. The van der Waals surface area contributed by atoms with Crippen molar-refractivity contribution in [2.45, 2.75) is 17.9 Å². The molecule has 1 aromatic rings. The predicted molar refractivity (Wildman–Crippen MR) is 66.7 cm³/mol. The zero-order valence-corrected chi connectivity index (χ0v) is 11.1. The molecule has 5 nitrogen and oxygen atoms in total. The highest BCUT2D eigenvalue weighted by molar-refractivity contribution is 7.89. The van der Waals surface area contributed by atoms with E-state index < -0.39 is 16.1 Å². The van der Waals surface area contributed by atoms with Gasteiger partial charge in [-0.2, -0.15) is 4.31 Å². The Morgan fingerprint density at radius 1 is 1.33 bits per heavy atom. The Kier molecular flexibility index (Phi) is 4.01. The predicted octanol–water partition coefficient (Wildman–Crippen LogP) is 0.761. The average Bonchev–Trinajstić information content (AvgIpc) is 2.40. The SMILES string of the molecule is CC(O)c1cccc(S(=O)(=O)N2CCOCC2)c1. The van der Waals surface area contributed by atoms with Crippen LogP contribution in [-0.2, 0) is 14.8 Å².